The summed E-state index contributed by atoms with van der Waals surface area (Å²) in [7, 11) is 0. The summed E-state index contributed by atoms with van der Waals surface area (Å²) in [6, 6.07) is 18.6. The van der Waals surface area contributed by atoms with E-state index in [2.05, 4.69) is 30.4 Å². The number of nitrogens with zero attached hydrogens (tertiary/aromatic N) is 1. The second kappa shape index (κ2) is 6.65. The van der Waals surface area contributed by atoms with Gasteiger partial charge in [-0.05, 0) is 36.5 Å². The number of aryl methyl sites for hydroxylation is 1. The number of carbonyl (C=O) groups excluding carboxylic acids is 1. The molecule has 0 spiro atoms. The molecule has 2 amide bonds. The predicted molar refractivity (Wildman–Crippen MR) is 88.5 cm³/mol. The second-order valence-corrected chi connectivity index (χ2v) is 5.85. The Hall–Kier alpha value is -2.29. The molecule has 1 atom stereocenters. The van der Waals surface area contributed by atoms with E-state index in [0.29, 0.717) is 6.54 Å². The van der Waals surface area contributed by atoms with Crippen LogP contribution < -0.4 is 5.32 Å². The van der Waals surface area contributed by atoms with E-state index < -0.39 is 0 Å². The molecule has 1 aliphatic heterocycles. The standard InChI is InChI=1S/C19H22N2O/c1-15-8-5-6-11-17(15)18-12-7-13-21(18)19(22)20-14-16-9-3-2-4-10-16/h2-6,8-11,18H,7,12-14H2,1H3,(H,20,22)/t18-/m1/s1. The molecule has 114 valence electrons. The van der Waals surface area contributed by atoms with Gasteiger partial charge in [-0.3, -0.25) is 0 Å². The van der Waals surface area contributed by atoms with Crippen LogP contribution in [0.4, 0.5) is 4.79 Å². The molecule has 1 heterocycles. The van der Waals surface area contributed by atoms with E-state index in [9.17, 15) is 4.79 Å². The van der Waals surface area contributed by atoms with Gasteiger partial charge < -0.3 is 10.2 Å². The Balaban J connectivity index is 1.68. The summed E-state index contributed by atoms with van der Waals surface area (Å²) in [6.07, 6.45) is 2.11. The molecule has 2 aromatic carbocycles. The Bertz CT molecular complexity index is 639. The third-order valence-electron chi connectivity index (χ3n) is 4.35. The van der Waals surface area contributed by atoms with Crippen molar-refractivity contribution in [2.45, 2.75) is 32.4 Å². The van der Waals surface area contributed by atoms with E-state index in [1.807, 2.05) is 41.3 Å². The lowest BCUT2D eigenvalue weighted by Crippen LogP contribution is -2.39. The maximum Gasteiger partial charge on any atom is 0.318 e. The summed E-state index contributed by atoms with van der Waals surface area (Å²) in [5.41, 5.74) is 3.66. The number of urea groups is 1. The van der Waals surface area contributed by atoms with E-state index in [1.54, 1.807) is 0 Å². The zero-order chi connectivity index (χ0) is 15.4. The van der Waals surface area contributed by atoms with E-state index in [0.717, 1.165) is 24.9 Å². The van der Waals surface area contributed by atoms with Gasteiger partial charge in [-0.15, -0.1) is 0 Å². The van der Waals surface area contributed by atoms with Crippen molar-refractivity contribution in [2.24, 2.45) is 0 Å². The molecule has 0 aromatic heterocycles. The number of carbonyl (C=O) groups is 1. The van der Waals surface area contributed by atoms with Crippen molar-refractivity contribution >= 4 is 6.03 Å². The van der Waals surface area contributed by atoms with E-state index in [1.165, 1.54) is 11.1 Å². The number of rotatable bonds is 3. The molecule has 3 heteroatoms. The highest BCUT2D eigenvalue weighted by molar-refractivity contribution is 5.75. The first-order valence-corrected chi connectivity index (χ1v) is 7.89. The van der Waals surface area contributed by atoms with Crippen LogP contribution in [0.3, 0.4) is 0 Å². The minimum absolute atomic E-state index is 0.0367. The third kappa shape index (κ3) is 3.14. The second-order valence-electron chi connectivity index (χ2n) is 5.85. The lowest BCUT2D eigenvalue weighted by atomic mass is 9.99. The SMILES string of the molecule is Cc1ccccc1[C@H]1CCCN1C(=O)NCc1ccccc1. The molecule has 1 fully saturated rings. The highest BCUT2D eigenvalue weighted by Crippen LogP contribution is 2.33. The van der Waals surface area contributed by atoms with Crippen molar-refractivity contribution in [1.29, 1.82) is 0 Å². The predicted octanol–water partition coefficient (Wildman–Crippen LogP) is 4.04. The molecule has 0 saturated carbocycles. The maximum atomic E-state index is 12.5. The van der Waals surface area contributed by atoms with Gasteiger partial charge in [-0.2, -0.15) is 0 Å². The van der Waals surface area contributed by atoms with Gasteiger partial charge >= 0.3 is 6.03 Å². The fourth-order valence-electron chi connectivity index (χ4n) is 3.17. The van der Waals surface area contributed by atoms with Crippen LogP contribution in [0.1, 0.15) is 35.6 Å². The van der Waals surface area contributed by atoms with Crippen molar-refractivity contribution in [3.63, 3.8) is 0 Å². The summed E-state index contributed by atoms with van der Waals surface area (Å²) in [5.74, 6) is 0. The smallest absolute Gasteiger partial charge is 0.318 e. The summed E-state index contributed by atoms with van der Waals surface area (Å²) < 4.78 is 0. The Morgan fingerprint density at radius 2 is 1.86 bits per heavy atom. The molecule has 0 bridgehead atoms. The van der Waals surface area contributed by atoms with Crippen molar-refractivity contribution in [1.82, 2.24) is 10.2 Å². The molecular formula is C19H22N2O. The molecule has 1 aliphatic rings. The maximum absolute atomic E-state index is 12.5. The molecule has 0 radical (unpaired) electrons. The Labute approximate surface area is 132 Å². The average Bonchev–Trinajstić information content (AvgIpc) is 3.03. The molecule has 1 saturated heterocycles. The van der Waals surface area contributed by atoms with E-state index in [4.69, 9.17) is 0 Å². The van der Waals surface area contributed by atoms with Gasteiger partial charge in [0.1, 0.15) is 0 Å². The van der Waals surface area contributed by atoms with Crippen LogP contribution in [0, 0.1) is 6.92 Å². The molecule has 1 N–H and O–H groups in total. The van der Waals surface area contributed by atoms with Crippen LogP contribution >= 0.6 is 0 Å². The molecule has 3 rings (SSSR count). The summed E-state index contributed by atoms with van der Waals surface area (Å²) in [6.45, 7) is 3.53. The third-order valence-corrected chi connectivity index (χ3v) is 4.35. The van der Waals surface area contributed by atoms with Crippen LogP contribution in [-0.2, 0) is 6.54 Å². The Morgan fingerprint density at radius 3 is 2.64 bits per heavy atom. The first kappa shape index (κ1) is 14.6. The highest BCUT2D eigenvalue weighted by atomic mass is 16.2. The molecule has 0 unspecified atom stereocenters. The van der Waals surface area contributed by atoms with Gasteiger partial charge in [0.15, 0.2) is 0 Å². The molecule has 0 aliphatic carbocycles. The van der Waals surface area contributed by atoms with E-state index >= 15 is 0 Å². The number of hydrogen-bond acceptors (Lipinski definition) is 1. The minimum atomic E-state index is 0.0367. The lowest BCUT2D eigenvalue weighted by Gasteiger charge is -2.26. The largest absolute Gasteiger partial charge is 0.334 e. The van der Waals surface area contributed by atoms with Gasteiger partial charge in [-0.25, -0.2) is 4.79 Å². The quantitative estimate of drug-likeness (QED) is 0.910. The van der Waals surface area contributed by atoms with Crippen LogP contribution in [0.2, 0.25) is 0 Å². The summed E-state index contributed by atoms with van der Waals surface area (Å²) in [5, 5.41) is 3.05. The van der Waals surface area contributed by atoms with Gasteiger partial charge in [-0.1, -0.05) is 54.6 Å². The number of amides is 2. The lowest BCUT2D eigenvalue weighted by molar-refractivity contribution is 0.192. The van der Waals surface area contributed by atoms with Crippen molar-refractivity contribution < 1.29 is 4.79 Å². The Morgan fingerprint density at radius 1 is 1.14 bits per heavy atom. The first-order chi connectivity index (χ1) is 10.8. The molecule has 22 heavy (non-hydrogen) atoms. The van der Waals surface area contributed by atoms with Gasteiger partial charge in [0.05, 0.1) is 6.04 Å². The first-order valence-electron chi connectivity index (χ1n) is 7.89. The van der Waals surface area contributed by atoms with Crippen LogP contribution in [0.15, 0.2) is 54.6 Å². The van der Waals surface area contributed by atoms with Crippen LogP contribution in [0.5, 0.6) is 0 Å². The van der Waals surface area contributed by atoms with Crippen molar-refractivity contribution in [2.75, 3.05) is 6.54 Å². The normalized spacial score (nSPS) is 17.5. The number of hydrogen-bond donors (Lipinski definition) is 1. The van der Waals surface area contributed by atoms with Gasteiger partial charge in [0.25, 0.3) is 0 Å². The number of nitrogens with one attached hydrogen (secondary N) is 1. The fraction of sp³-hybridized carbons (Fsp3) is 0.316. The van der Waals surface area contributed by atoms with Crippen LogP contribution in [0.25, 0.3) is 0 Å². The average molecular weight is 294 g/mol. The van der Waals surface area contributed by atoms with Gasteiger partial charge in [0, 0.05) is 13.1 Å². The molecule has 2 aromatic rings. The number of likely N-dealkylation sites (tertiary alicyclic amines) is 1. The topological polar surface area (TPSA) is 32.3 Å². The van der Waals surface area contributed by atoms with Crippen molar-refractivity contribution in [3.05, 3.63) is 71.3 Å². The summed E-state index contributed by atoms with van der Waals surface area (Å²) in [4.78, 5) is 14.5. The van der Waals surface area contributed by atoms with E-state index in [-0.39, 0.29) is 12.1 Å². The highest BCUT2D eigenvalue weighted by Gasteiger charge is 2.30. The van der Waals surface area contributed by atoms with Crippen molar-refractivity contribution in [3.8, 4) is 0 Å². The van der Waals surface area contributed by atoms with Crippen LogP contribution in [-0.4, -0.2) is 17.5 Å². The van der Waals surface area contributed by atoms with Gasteiger partial charge in [0.2, 0.25) is 0 Å². The zero-order valence-corrected chi connectivity index (χ0v) is 13.0. The number of benzene rings is 2. The monoisotopic (exact) mass is 294 g/mol. The fourth-order valence-corrected chi connectivity index (χ4v) is 3.17. The zero-order valence-electron chi connectivity index (χ0n) is 13.0. The molecular weight excluding hydrogens is 272 g/mol. The Kier molecular flexibility index (Phi) is 4.42. The molecule has 3 nitrogen and oxygen atoms in total. The summed E-state index contributed by atoms with van der Waals surface area (Å²) >= 11 is 0. The minimum Gasteiger partial charge on any atom is -0.334 e.